The lowest BCUT2D eigenvalue weighted by Crippen LogP contribution is -2.48. The van der Waals surface area contributed by atoms with E-state index in [2.05, 4.69) is 4.90 Å². The summed E-state index contributed by atoms with van der Waals surface area (Å²) in [4.78, 5) is 27.2. The number of nitrogens with zero attached hydrogens (tertiary/aromatic N) is 3. The van der Waals surface area contributed by atoms with Crippen LogP contribution in [0, 0.1) is 10.1 Å². The Hall–Kier alpha value is -1.95. The van der Waals surface area contributed by atoms with Gasteiger partial charge >= 0.3 is 0 Å². The summed E-state index contributed by atoms with van der Waals surface area (Å²) in [6.45, 7) is 3.84. The molecule has 3 rings (SSSR count). The van der Waals surface area contributed by atoms with Gasteiger partial charge in [-0.3, -0.25) is 19.8 Å². The Morgan fingerprint density at radius 3 is 2.41 bits per heavy atom. The van der Waals surface area contributed by atoms with Crippen molar-refractivity contribution in [2.45, 2.75) is 31.7 Å². The predicted octanol–water partition coefficient (Wildman–Crippen LogP) is 2.30. The van der Waals surface area contributed by atoms with Gasteiger partial charge in [-0.1, -0.05) is 0 Å². The van der Waals surface area contributed by atoms with Crippen molar-refractivity contribution in [3.8, 4) is 0 Å². The monoisotopic (exact) mass is 303 g/mol. The topological polar surface area (TPSA) is 66.7 Å². The number of likely N-dealkylation sites (tertiary alicyclic amines) is 2. The molecule has 6 heteroatoms. The molecular formula is C16H21N3O3. The van der Waals surface area contributed by atoms with Crippen LogP contribution in [0.5, 0.6) is 0 Å². The zero-order valence-electron chi connectivity index (χ0n) is 12.6. The van der Waals surface area contributed by atoms with Crippen LogP contribution in [-0.2, 0) is 0 Å². The molecule has 1 aromatic rings. The molecule has 1 unspecified atom stereocenters. The average Bonchev–Trinajstić information content (AvgIpc) is 3.09. The second kappa shape index (κ2) is 6.44. The number of amides is 1. The Morgan fingerprint density at radius 1 is 1.09 bits per heavy atom. The molecule has 22 heavy (non-hydrogen) atoms. The fourth-order valence-electron chi connectivity index (χ4n) is 3.45. The highest BCUT2D eigenvalue weighted by Gasteiger charge is 2.29. The van der Waals surface area contributed by atoms with E-state index in [1.165, 1.54) is 25.0 Å². The molecule has 0 aliphatic carbocycles. The van der Waals surface area contributed by atoms with Crippen molar-refractivity contribution < 1.29 is 9.72 Å². The standard InChI is InChI=1S/C16H21N3O3/c20-16(13-5-7-14(8-6-13)19(21)22)18-11-3-4-15(12-18)17-9-1-2-10-17/h5-8,15H,1-4,9-12H2. The molecule has 0 saturated carbocycles. The molecule has 0 spiro atoms. The van der Waals surface area contributed by atoms with E-state index in [1.54, 1.807) is 12.1 Å². The normalized spacial score (nSPS) is 22.7. The van der Waals surface area contributed by atoms with Crippen LogP contribution in [0.15, 0.2) is 24.3 Å². The van der Waals surface area contributed by atoms with Gasteiger partial charge in [0.05, 0.1) is 4.92 Å². The molecule has 2 fully saturated rings. The lowest BCUT2D eigenvalue weighted by atomic mass is 10.0. The van der Waals surface area contributed by atoms with Gasteiger partial charge < -0.3 is 4.90 Å². The predicted molar refractivity (Wildman–Crippen MR) is 82.8 cm³/mol. The van der Waals surface area contributed by atoms with Crippen molar-refractivity contribution in [1.29, 1.82) is 0 Å². The quantitative estimate of drug-likeness (QED) is 0.635. The minimum Gasteiger partial charge on any atom is -0.337 e. The Kier molecular flexibility index (Phi) is 4.38. The minimum absolute atomic E-state index is 0.0150. The highest BCUT2D eigenvalue weighted by molar-refractivity contribution is 5.94. The third-order valence-electron chi connectivity index (χ3n) is 4.67. The van der Waals surface area contributed by atoms with Crippen LogP contribution in [0.25, 0.3) is 0 Å². The van der Waals surface area contributed by atoms with E-state index in [0.29, 0.717) is 11.6 Å². The number of carbonyl (C=O) groups is 1. The highest BCUT2D eigenvalue weighted by atomic mass is 16.6. The van der Waals surface area contributed by atoms with Crippen LogP contribution in [0.1, 0.15) is 36.0 Å². The fraction of sp³-hybridized carbons (Fsp3) is 0.562. The third kappa shape index (κ3) is 3.11. The summed E-state index contributed by atoms with van der Waals surface area (Å²) in [5.74, 6) is -0.0150. The summed E-state index contributed by atoms with van der Waals surface area (Å²) in [6.07, 6.45) is 4.70. The van der Waals surface area contributed by atoms with Gasteiger partial charge in [-0.25, -0.2) is 0 Å². The molecule has 2 heterocycles. The molecule has 0 N–H and O–H groups in total. The van der Waals surface area contributed by atoms with Crippen LogP contribution >= 0.6 is 0 Å². The van der Waals surface area contributed by atoms with Gasteiger partial charge in [0.25, 0.3) is 11.6 Å². The molecule has 0 bridgehead atoms. The van der Waals surface area contributed by atoms with E-state index < -0.39 is 4.92 Å². The van der Waals surface area contributed by atoms with Crippen molar-refractivity contribution >= 4 is 11.6 Å². The number of carbonyl (C=O) groups excluding carboxylic acids is 1. The molecule has 2 saturated heterocycles. The van der Waals surface area contributed by atoms with Crippen molar-refractivity contribution in [3.63, 3.8) is 0 Å². The lowest BCUT2D eigenvalue weighted by Gasteiger charge is -2.37. The Balaban J connectivity index is 1.67. The molecule has 0 radical (unpaired) electrons. The number of nitro groups is 1. The van der Waals surface area contributed by atoms with Crippen molar-refractivity contribution in [2.24, 2.45) is 0 Å². The zero-order valence-corrected chi connectivity index (χ0v) is 12.6. The second-order valence-electron chi connectivity index (χ2n) is 6.09. The third-order valence-corrected chi connectivity index (χ3v) is 4.67. The van der Waals surface area contributed by atoms with E-state index in [4.69, 9.17) is 0 Å². The van der Waals surface area contributed by atoms with Gasteiger partial charge in [-0.2, -0.15) is 0 Å². The Bertz CT molecular complexity index is 552. The molecule has 1 atom stereocenters. The highest BCUT2D eigenvalue weighted by Crippen LogP contribution is 2.22. The first-order valence-corrected chi connectivity index (χ1v) is 7.93. The fourth-order valence-corrected chi connectivity index (χ4v) is 3.45. The number of non-ortho nitro benzene ring substituents is 1. The summed E-state index contributed by atoms with van der Waals surface area (Å²) >= 11 is 0. The van der Waals surface area contributed by atoms with E-state index in [0.717, 1.165) is 39.0 Å². The smallest absolute Gasteiger partial charge is 0.269 e. The van der Waals surface area contributed by atoms with Crippen LogP contribution in [0.4, 0.5) is 5.69 Å². The maximum atomic E-state index is 12.6. The molecule has 118 valence electrons. The van der Waals surface area contributed by atoms with Gasteiger partial charge in [0, 0.05) is 36.8 Å². The summed E-state index contributed by atoms with van der Waals surface area (Å²) in [7, 11) is 0. The maximum Gasteiger partial charge on any atom is 0.269 e. The van der Waals surface area contributed by atoms with E-state index in [-0.39, 0.29) is 11.6 Å². The average molecular weight is 303 g/mol. The first kappa shape index (κ1) is 15.0. The molecule has 6 nitrogen and oxygen atoms in total. The summed E-state index contributed by atoms with van der Waals surface area (Å²) in [5, 5.41) is 10.7. The van der Waals surface area contributed by atoms with Crippen LogP contribution in [0.2, 0.25) is 0 Å². The van der Waals surface area contributed by atoms with Crippen LogP contribution in [-0.4, -0.2) is 52.9 Å². The number of piperidine rings is 1. The maximum absolute atomic E-state index is 12.6. The van der Waals surface area contributed by atoms with Gasteiger partial charge in [0.15, 0.2) is 0 Å². The van der Waals surface area contributed by atoms with Gasteiger partial charge in [0.1, 0.15) is 0 Å². The molecule has 0 aromatic heterocycles. The van der Waals surface area contributed by atoms with Crippen molar-refractivity contribution in [1.82, 2.24) is 9.80 Å². The Labute approximate surface area is 129 Å². The minimum atomic E-state index is -0.446. The second-order valence-corrected chi connectivity index (χ2v) is 6.09. The van der Waals surface area contributed by atoms with Crippen LogP contribution in [0.3, 0.4) is 0 Å². The first-order chi connectivity index (χ1) is 10.6. The van der Waals surface area contributed by atoms with Gasteiger partial charge in [-0.05, 0) is 50.9 Å². The number of hydrogen-bond donors (Lipinski definition) is 0. The van der Waals surface area contributed by atoms with Crippen LogP contribution < -0.4 is 0 Å². The van der Waals surface area contributed by atoms with E-state index in [9.17, 15) is 14.9 Å². The largest absolute Gasteiger partial charge is 0.337 e. The van der Waals surface area contributed by atoms with E-state index >= 15 is 0 Å². The van der Waals surface area contributed by atoms with E-state index in [1.807, 2.05) is 4.90 Å². The zero-order chi connectivity index (χ0) is 15.5. The van der Waals surface area contributed by atoms with Gasteiger partial charge in [-0.15, -0.1) is 0 Å². The number of rotatable bonds is 3. The lowest BCUT2D eigenvalue weighted by molar-refractivity contribution is -0.384. The molecule has 1 amide bonds. The molecule has 2 aliphatic heterocycles. The SMILES string of the molecule is O=C(c1ccc([N+](=O)[O-])cc1)N1CCCC(N2CCCC2)C1. The number of hydrogen-bond acceptors (Lipinski definition) is 4. The summed E-state index contributed by atoms with van der Waals surface area (Å²) < 4.78 is 0. The molecular weight excluding hydrogens is 282 g/mol. The first-order valence-electron chi connectivity index (χ1n) is 7.93. The van der Waals surface area contributed by atoms with Crippen molar-refractivity contribution in [3.05, 3.63) is 39.9 Å². The van der Waals surface area contributed by atoms with Crippen molar-refractivity contribution in [2.75, 3.05) is 26.2 Å². The number of benzene rings is 1. The summed E-state index contributed by atoms with van der Waals surface area (Å²) in [5.41, 5.74) is 0.554. The Morgan fingerprint density at radius 2 is 1.77 bits per heavy atom. The molecule has 1 aromatic carbocycles. The van der Waals surface area contributed by atoms with Gasteiger partial charge in [0.2, 0.25) is 0 Å². The summed E-state index contributed by atoms with van der Waals surface area (Å²) in [6, 6.07) is 6.38. The number of nitro benzene ring substituents is 1. The molecule has 2 aliphatic rings.